The van der Waals surface area contributed by atoms with Gasteiger partial charge in [0.05, 0.1) is 12.0 Å². The van der Waals surface area contributed by atoms with Crippen LogP contribution in [0.4, 0.5) is 5.69 Å². The predicted octanol–water partition coefficient (Wildman–Crippen LogP) is 2.12. The van der Waals surface area contributed by atoms with Crippen LogP contribution in [0.25, 0.3) is 0 Å². The van der Waals surface area contributed by atoms with Crippen LogP contribution in [0.5, 0.6) is 5.75 Å². The summed E-state index contributed by atoms with van der Waals surface area (Å²) in [6.07, 6.45) is 0. The summed E-state index contributed by atoms with van der Waals surface area (Å²) < 4.78 is 32.8. The fraction of sp³-hybridized carbons (Fsp3) is 0.133. The van der Waals surface area contributed by atoms with Crippen molar-refractivity contribution < 1.29 is 13.2 Å². The van der Waals surface area contributed by atoms with Crippen LogP contribution in [0.1, 0.15) is 5.56 Å². The number of benzene rings is 2. The fourth-order valence-electron chi connectivity index (χ4n) is 1.74. The van der Waals surface area contributed by atoms with Gasteiger partial charge in [0.1, 0.15) is 5.75 Å². The Kier molecular flexibility index (Phi) is 4.67. The van der Waals surface area contributed by atoms with Crippen LogP contribution < -0.4 is 15.8 Å². The van der Waals surface area contributed by atoms with Gasteiger partial charge >= 0.3 is 0 Å². The maximum absolute atomic E-state index is 12.1. The summed E-state index contributed by atoms with van der Waals surface area (Å²) in [4.78, 5) is 0.0950. The second-order valence-corrected chi connectivity index (χ2v) is 6.22. The van der Waals surface area contributed by atoms with E-state index in [4.69, 9.17) is 10.5 Å². The number of ether oxygens (including phenoxy) is 1. The van der Waals surface area contributed by atoms with Crippen molar-refractivity contribution in [3.63, 3.8) is 0 Å². The summed E-state index contributed by atoms with van der Waals surface area (Å²) in [5, 5.41) is 2.72. The molecule has 0 saturated carbocycles. The number of nitrogens with two attached hydrogens (primary N) is 1. The first kappa shape index (κ1) is 15.8. The van der Waals surface area contributed by atoms with E-state index in [1.165, 1.54) is 12.1 Å². The third-order valence-electron chi connectivity index (χ3n) is 2.90. The SMILES string of the molecule is COc1ccc(N/C(N)=N/S(=O)(=O)c2ccc(C)cc2)cc1. The molecule has 0 fully saturated rings. The van der Waals surface area contributed by atoms with Gasteiger partial charge in [-0.2, -0.15) is 8.42 Å². The van der Waals surface area contributed by atoms with Gasteiger partial charge in [-0.15, -0.1) is 4.40 Å². The topological polar surface area (TPSA) is 93.8 Å². The molecule has 0 atom stereocenters. The Morgan fingerprint density at radius 2 is 1.68 bits per heavy atom. The van der Waals surface area contributed by atoms with E-state index < -0.39 is 10.0 Å². The van der Waals surface area contributed by atoms with Crippen molar-refractivity contribution in [2.45, 2.75) is 11.8 Å². The van der Waals surface area contributed by atoms with Gasteiger partial charge in [-0.1, -0.05) is 17.7 Å². The number of sulfonamides is 1. The van der Waals surface area contributed by atoms with Gasteiger partial charge in [0.25, 0.3) is 10.0 Å². The van der Waals surface area contributed by atoms with Gasteiger partial charge in [-0.05, 0) is 43.3 Å². The molecule has 6 nitrogen and oxygen atoms in total. The van der Waals surface area contributed by atoms with Crippen molar-refractivity contribution in [3.05, 3.63) is 54.1 Å². The van der Waals surface area contributed by atoms with Crippen molar-refractivity contribution in [2.75, 3.05) is 12.4 Å². The highest BCUT2D eigenvalue weighted by molar-refractivity contribution is 7.90. The average Bonchev–Trinajstić information content (AvgIpc) is 2.48. The number of methoxy groups -OCH3 is 1. The van der Waals surface area contributed by atoms with Gasteiger partial charge in [0.2, 0.25) is 5.96 Å². The summed E-state index contributed by atoms with van der Waals surface area (Å²) >= 11 is 0. The number of aryl methyl sites for hydroxylation is 1. The second-order valence-electron chi connectivity index (χ2n) is 4.62. The summed E-state index contributed by atoms with van der Waals surface area (Å²) in [6, 6.07) is 13.3. The number of hydrogen-bond donors (Lipinski definition) is 2. The largest absolute Gasteiger partial charge is 0.497 e. The lowest BCUT2D eigenvalue weighted by molar-refractivity contribution is 0.415. The molecule has 0 unspecified atom stereocenters. The average molecular weight is 319 g/mol. The minimum atomic E-state index is -3.83. The standard InChI is InChI=1S/C15H17N3O3S/c1-11-3-9-14(10-4-11)22(19,20)18-15(16)17-12-5-7-13(21-2)8-6-12/h3-10H,1-2H3,(H3,16,17,18). The van der Waals surface area contributed by atoms with Gasteiger partial charge in [-0.25, -0.2) is 0 Å². The third kappa shape index (κ3) is 3.98. The van der Waals surface area contributed by atoms with Crippen LogP contribution in [0.2, 0.25) is 0 Å². The summed E-state index contributed by atoms with van der Waals surface area (Å²) in [7, 11) is -2.27. The van der Waals surface area contributed by atoms with Crippen LogP contribution in [-0.4, -0.2) is 21.5 Å². The normalized spacial score (nSPS) is 12.0. The molecular weight excluding hydrogens is 302 g/mol. The number of nitrogens with zero attached hydrogens (tertiary/aromatic N) is 1. The number of nitrogens with one attached hydrogen (secondary N) is 1. The third-order valence-corrected chi connectivity index (χ3v) is 4.20. The van der Waals surface area contributed by atoms with E-state index in [0.29, 0.717) is 11.4 Å². The van der Waals surface area contributed by atoms with E-state index in [-0.39, 0.29) is 10.9 Å². The summed E-state index contributed by atoms with van der Waals surface area (Å²) in [5.41, 5.74) is 7.24. The minimum Gasteiger partial charge on any atom is -0.497 e. The Bertz CT molecular complexity index is 767. The lowest BCUT2D eigenvalue weighted by Gasteiger charge is -2.07. The van der Waals surface area contributed by atoms with Gasteiger partial charge in [0.15, 0.2) is 0 Å². The molecule has 2 aromatic carbocycles. The molecule has 0 bridgehead atoms. The van der Waals surface area contributed by atoms with Crippen molar-refractivity contribution in [3.8, 4) is 5.75 Å². The van der Waals surface area contributed by atoms with Crippen LogP contribution in [-0.2, 0) is 10.0 Å². The zero-order valence-electron chi connectivity index (χ0n) is 12.3. The van der Waals surface area contributed by atoms with E-state index in [0.717, 1.165) is 5.56 Å². The molecule has 0 amide bonds. The minimum absolute atomic E-state index is 0.0950. The van der Waals surface area contributed by atoms with Crippen molar-refractivity contribution in [2.24, 2.45) is 10.1 Å². The lowest BCUT2D eigenvalue weighted by atomic mass is 10.2. The Morgan fingerprint density at radius 3 is 2.23 bits per heavy atom. The predicted molar refractivity (Wildman–Crippen MR) is 86.6 cm³/mol. The molecule has 0 heterocycles. The zero-order valence-corrected chi connectivity index (χ0v) is 13.1. The molecule has 2 aromatic rings. The monoisotopic (exact) mass is 319 g/mol. The van der Waals surface area contributed by atoms with Crippen LogP contribution in [0, 0.1) is 6.92 Å². The van der Waals surface area contributed by atoms with E-state index in [2.05, 4.69) is 9.71 Å². The maximum Gasteiger partial charge on any atom is 0.285 e. The van der Waals surface area contributed by atoms with E-state index in [1.807, 2.05) is 6.92 Å². The number of guanidine groups is 1. The van der Waals surface area contributed by atoms with Crippen LogP contribution in [0.3, 0.4) is 0 Å². The molecule has 2 rings (SSSR count). The van der Waals surface area contributed by atoms with E-state index >= 15 is 0 Å². The first-order chi connectivity index (χ1) is 10.4. The highest BCUT2D eigenvalue weighted by atomic mass is 32.2. The smallest absolute Gasteiger partial charge is 0.285 e. The molecule has 0 saturated heterocycles. The maximum atomic E-state index is 12.1. The summed E-state index contributed by atoms with van der Waals surface area (Å²) in [5.74, 6) is 0.485. The summed E-state index contributed by atoms with van der Waals surface area (Å²) in [6.45, 7) is 1.87. The highest BCUT2D eigenvalue weighted by Crippen LogP contribution is 2.16. The zero-order chi connectivity index (χ0) is 16.2. The van der Waals surface area contributed by atoms with E-state index in [9.17, 15) is 8.42 Å². The molecule has 22 heavy (non-hydrogen) atoms. The Hall–Kier alpha value is -2.54. The Balaban J connectivity index is 2.17. The van der Waals surface area contributed by atoms with Gasteiger partial charge in [-0.3, -0.25) is 0 Å². The molecule has 7 heteroatoms. The van der Waals surface area contributed by atoms with Gasteiger partial charge < -0.3 is 15.8 Å². The molecule has 0 aromatic heterocycles. The number of hydrogen-bond acceptors (Lipinski definition) is 3. The number of rotatable bonds is 4. The molecule has 0 aliphatic rings. The van der Waals surface area contributed by atoms with Crippen LogP contribution >= 0.6 is 0 Å². The molecule has 0 radical (unpaired) electrons. The fourth-order valence-corrected chi connectivity index (χ4v) is 2.63. The van der Waals surface area contributed by atoms with Crippen LogP contribution in [0.15, 0.2) is 57.8 Å². The second kappa shape index (κ2) is 6.48. The lowest BCUT2D eigenvalue weighted by Crippen LogP contribution is -2.24. The van der Waals surface area contributed by atoms with Crippen molar-refractivity contribution >= 4 is 21.7 Å². The van der Waals surface area contributed by atoms with Crippen molar-refractivity contribution in [1.29, 1.82) is 0 Å². The molecule has 3 N–H and O–H groups in total. The molecule has 0 aliphatic carbocycles. The van der Waals surface area contributed by atoms with Crippen molar-refractivity contribution in [1.82, 2.24) is 0 Å². The molecular formula is C15H17N3O3S. The molecule has 0 spiro atoms. The molecule has 116 valence electrons. The Morgan fingerprint density at radius 1 is 1.09 bits per heavy atom. The first-order valence-corrected chi connectivity index (χ1v) is 7.93. The number of anilines is 1. The Labute approximate surface area is 129 Å². The molecule has 0 aliphatic heterocycles. The highest BCUT2D eigenvalue weighted by Gasteiger charge is 2.13. The van der Waals surface area contributed by atoms with E-state index in [1.54, 1.807) is 43.5 Å². The van der Waals surface area contributed by atoms with Gasteiger partial charge in [0, 0.05) is 5.69 Å². The first-order valence-electron chi connectivity index (χ1n) is 6.49. The quantitative estimate of drug-likeness (QED) is 0.665.